The molecule has 0 aliphatic heterocycles. The maximum absolute atomic E-state index is 11.2. The number of aromatic nitrogens is 2. The van der Waals surface area contributed by atoms with Crippen molar-refractivity contribution in [3.05, 3.63) is 65.9 Å². The Bertz CT molecular complexity index is 982. The van der Waals surface area contributed by atoms with E-state index in [1.54, 1.807) is 30.5 Å². The van der Waals surface area contributed by atoms with Crippen LogP contribution in [0.15, 0.2) is 54.7 Å². The Balaban J connectivity index is 1.83. The van der Waals surface area contributed by atoms with Crippen LogP contribution in [0, 0.1) is 6.92 Å². The SMILES string of the molecule is CC(=O)Nc1ccc(Nc2nc(-c3ccc(C(N)=O)cc3)ncc2C)cc1. The van der Waals surface area contributed by atoms with Crippen LogP contribution in [0.5, 0.6) is 0 Å². The molecule has 7 nitrogen and oxygen atoms in total. The molecule has 0 aliphatic carbocycles. The summed E-state index contributed by atoms with van der Waals surface area (Å²) in [5.74, 6) is 0.617. The number of hydrogen-bond donors (Lipinski definition) is 3. The first-order chi connectivity index (χ1) is 12.9. The monoisotopic (exact) mass is 361 g/mol. The Morgan fingerprint density at radius 2 is 1.59 bits per heavy atom. The average molecular weight is 361 g/mol. The van der Waals surface area contributed by atoms with Gasteiger partial charge in [-0.15, -0.1) is 0 Å². The van der Waals surface area contributed by atoms with Crippen molar-refractivity contribution in [2.75, 3.05) is 10.6 Å². The lowest BCUT2D eigenvalue weighted by Crippen LogP contribution is -2.10. The second-order valence-corrected chi connectivity index (χ2v) is 6.05. The van der Waals surface area contributed by atoms with Gasteiger partial charge >= 0.3 is 0 Å². The van der Waals surface area contributed by atoms with E-state index >= 15 is 0 Å². The Morgan fingerprint density at radius 3 is 2.19 bits per heavy atom. The van der Waals surface area contributed by atoms with E-state index < -0.39 is 5.91 Å². The van der Waals surface area contributed by atoms with Crippen molar-refractivity contribution in [3.63, 3.8) is 0 Å². The third kappa shape index (κ3) is 4.46. The number of carbonyl (C=O) groups is 2. The molecule has 2 amide bonds. The minimum atomic E-state index is -0.476. The van der Waals surface area contributed by atoms with Crippen LogP contribution in [-0.4, -0.2) is 21.8 Å². The molecular formula is C20H19N5O2. The van der Waals surface area contributed by atoms with E-state index in [0.717, 1.165) is 22.5 Å². The van der Waals surface area contributed by atoms with Crippen molar-refractivity contribution in [3.8, 4) is 11.4 Å². The minimum absolute atomic E-state index is 0.116. The molecule has 0 fully saturated rings. The van der Waals surface area contributed by atoms with Crippen molar-refractivity contribution >= 4 is 29.0 Å². The summed E-state index contributed by atoms with van der Waals surface area (Å²) in [4.78, 5) is 31.2. The van der Waals surface area contributed by atoms with Crippen LogP contribution in [0.4, 0.5) is 17.2 Å². The quantitative estimate of drug-likeness (QED) is 0.646. The molecule has 1 aromatic heterocycles. The number of primary amides is 1. The van der Waals surface area contributed by atoms with Crippen LogP contribution >= 0.6 is 0 Å². The maximum Gasteiger partial charge on any atom is 0.248 e. The summed E-state index contributed by atoms with van der Waals surface area (Å²) < 4.78 is 0. The van der Waals surface area contributed by atoms with Crippen molar-refractivity contribution in [1.29, 1.82) is 0 Å². The summed E-state index contributed by atoms with van der Waals surface area (Å²) >= 11 is 0. The van der Waals surface area contributed by atoms with Gasteiger partial charge in [-0.05, 0) is 43.3 Å². The van der Waals surface area contributed by atoms with Crippen LogP contribution < -0.4 is 16.4 Å². The molecule has 0 saturated heterocycles. The predicted molar refractivity (Wildman–Crippen MR) is 105 cm³/mol. The van der Waals surface area contributed by atoms with Gasteiger partial charge in [0.05, 0.1) is 0 Å². The fraction of sp³-hybridized carbons (Fsp3) is 0.100. The highest BCUT2D eigenvalue weighted by Gasteiger charge is 2.08. The number of nitrogens with two attached hydrogens (primary N) is 1. The second kappa shape index (κ2) is 7.65. The van der Waals surface area contributed by atoms with Gasteiger partial charge < -0.3 is 16.4 Å². The number of rotatable bonds is 5. The van der Waals surface area contributed by atoms with Gasteiger partial charge in [-0.25, -0.2) is 9.97 Å². The van der Waals surface area contributed by atoms with Crippen LogP contribution in [0.25, 0.3) is 11.4 Å². The molecule has 136 valence electrons. The Hall–Kier alpha value is -3.74. The van der Waals surface area contributed by atoms with Gasteiger partial charge in [0.25, 0.3) is 0 Å². The van der Waals surface area contributed by atoms with Gasteiger partial charge in [0.15, 0.2) is 5.82 Å². The molecular weight excluding hydrogens is 342 g/mol. The molecule has 27 heavy (non-hydrogen) atoms. The fourth-order valence-electron chi connectivity index (χ4n) is 2.47. The Kier molecular flexibility index (Phi) is 5.12. The predicted octanol–water partition coefficient (Wildman–Crippen LogP) is 3.25. The smallest absolute Gasteiger partial charge is 0.248 e. The van der Waals surface area contributed by atoms with Gasteiger partial charge in [0.1, 0.15) is 5.82 Å². The first-order valence-corrected chi connectivity index (χ1v) is 8.31. The first-order valence-electron chi connectivity index (χ1n) is 8.31. The summed E-state index contributed by atoms with van der Waals surface area (Å²) in [6.07, 6.45) is 1.73. The lowest BCUT2D eigenvalue weighted by Gasteiger charge is -2.11. The third-order valence-corrected chi connectivity index (χ3v) is 3.87. The van der Waals surface area contributed by atoms with E-state index in [1.807, 2.05) is 31.2 Å². The molecule has 1 heterocycles. The number of nitrogens with zero attached hydrogens (tertiary/aromatic N) is 2. The third-order valence-electron chi connectivity index (χ3n) is 3.87. The molecule has 0 unspecified atom stereocenters. The number of carbonyl (C=O) groups excluding carboxylic acids is 2. The molecule has 3 aromatic rings. The highest BCUT2D eigenvalue weighted by atomic mass is 16.1. The van der Waals surface area contributed by atoms with Gasteiger partial charge in [0, 0.05) is 41.2 Å². The zero-order valence-electron chi connectivity index (χ0n) is 15.0. The fourth-order valence-corrected chi connectivity index (χ4v) is 2.47. The van der Waals surface area contributed by atoms with Crippen molar-refractivity contribution in [2.45, 2.75) is 13.8 Å². The molecule has 4 N–H and O–H groups in total. The van der Waals surface area contributed by atoms with Crippen molar-refractivity contribution in [2.24, 2.45) is 5.73 Å². The topological polar surface area (TPSA) is 110 Å². The number of anilines is 3. The Morgan fingerprint density at radius 1 is 0.963 bits per heavy atom. The molecule has 0 radical (unpaired) electrons. The van der Waals surface area contributed by atoms with Crippen LogP contribution in [0.1, 0.15) is 22.8 Å². The standard InChI is InChI=1S/C20H19N5O2/c1-12-11-22-20(15-5-3-14(4-6-15)18(21)27)25-19(12)24-17-9-7-16(8-10-17)23-13(2)26/h3-11H,1-2H3,(H2,21,27)(H,23,26)(H,22,24,25). The number of hydrogen-bond acceptors (Lipinski definition) is 5. The lowest BCUT2D eigenvalue weighted by molar-refractivity contribution is -0.114. The number of benzene rings is 2. The van der Waals surface area contributed by atoms with E-state index in [2.05, 4.69) is 20.6 Å². The number of aryl methyl sites for hydroxylation is 1. The van der Waals surface area contributed by atoms with Gasteiger partial charge in [-0.2, -0.15) is 0 Å². The number of nitrogens with one attached hydrogen (secondary N) is 2. The molecule has 2 aromatic carbocycles. The molecule has 0 spiro atoms. The largest absolute Gasteiger partial charge is 0.366 e. The van der Waals surface area contributed by atoms with E-state index in [0.29, 0.717) is 17.2 Å². The minimum Gasteiger partial charge on any atom is -0.366 e. The summed E-state index contributed by atoms with van der Waals surface area (Å²) in [7, 11) is 0. The molecule has 7 heteroatoms. The van der Waals surface area contributed by atoms with Gasteiger partial charge in [-0.1, -0.05) is 12.1 Å². The Labute approximate surface area is 156 Å². The van der Waals surface area contributed by atoms with E-state index in [9.17, 15) is 9.59 Å². The highest BCUT2D eigenvalue weighted by Crippen LogP contribution is 2.23. The average Bonchev–Trinajstić information content (AvgIpc) is 2.65. The van der Waals surface area contributed by atoms with Gasteiger partial charge in [0.2, 0.25) is 11.8 Å². The zero-order valence-corrected chi connectivity index (χ0v) is 15.0. The van der Waals surface area contributed by atoms with E-state index in [-0.39, 0.29) is 5.91 Å². The highest BCUT2D eigenvalue weighted by molar-refractivity contribution is 5.93. The molecule has 0 aliphatic rings. The molecule has 3 rings (SSSR count). The van der Waals surface area contributed by atoms with Crippen molar-refractivity contribution < 1.29 is 9.59 Å². The van der Waals surface area contributed by atoms with E-state index in [4.69, 9.17) is 5.73 Å². The van der Waals surface area contributed by atoms with Crippen LogP contribution in [0.3, 0.4) is 0 Å². The maximum atomic E-state index is 11.2. The summed E-state index contributed by atoms with van der Waals surface area (Å²) in [5.41, 5.74) is 8.93. The molecule has 0 saturated carbocycles. The normalized spacial score (nSPS) is 10.3. The lowest BCUT2D eigenvalue weighted by atomic mass is 10.1. The first kappa shape index (κ1) is 18.1. The summed E-state index contributed by atoms with van der Waals surface area (Å²) in [5, 5.41) is 5.98. The molecule has 0 bridgehead atoms. The van der Waals surface area contributed by atoms with Gasteiger partial charge in [-0.3, -0.25) is 9.59 Å². The zero-order chi connectivity index (χ0) is 19.4. The number of amides is 2. The van der Waals surface area contributed by atoms with Crippen LogP contribution in [-0.2, 0) is 4.79 Å². The molecule has 0 atom stereocenters. The van der Waals surface area contributed by atoms with E-state index in [1.165, 1.54) is 6.92 Å². The summed E-state index contributed by atoms with van der Waals surface area (Å²) in [6, 6.07) is 14.1. The second-order valence-electron chi connectivity index (χ2n) is 6.05. The van der Waals surface area contributed by atoms with Crippen molar-refractivity contribution in [1.82, 2.24) is 9.97 Å². The van der Waals surface area contributed by atoms with Crippen LogP contribution in [0.2, 0.25) is 0 Å². The summed E-state index contributed by atoms with van der Waals surface area (Å²) in [6.45, 7) is 3.38.